The van der Waals surface area contributed by atoms with Crippen LogP contribution in [0.3, 0.4) is 0 Å². The molecule has 0 aliphatic carbocycles. The first-order valence-electron chi connectivity index (χ1n) is 10.0. The van der Waals surface area contributed by atoms with E-state index >= 15 is 0 Å². The molecular weight excluding hydrogens is 395 g/mol. The predicted molar refractivity (Wildman–Crippen MR) is 122 cm³/mol. The second-order valence-electron chi connectivity index (χ2n) is 7.63. The maximum absolute atomic E-state index is 13.6. The highest BCUT2D eigenvalue weighted by Crippen LogP contribution is 2.37. The summed E-state index contributed by atoms with van der Waals surface area (Å²) in [7, 11) is 0. The number of alkyl halides is 3. The van der Waals surface area contributed by atoms with Crippen LogP contribution in [0.5, 0.6) is 0 Å². The fourth-order valence-electron chi connectivity index (χ4n) is 3.67. The Morgan fingerprint density at radius 1 is 0.581 bits per heavy atom. The standard InChI is InChI=1S/C27H22F3N/c1-18-7-6-8-19(2)26(18)31-25-16-23(15-24(17-25)27(28,29)30)22-13-11-21(12-14-22)20-9-4-3-5-10-20/h3-17,31H,1-2H3. The van der Waals surface area contributed by atoms with E-state index in [4.69, 9.17) is 0 Å². The molecule has 0 fully saturated rings. The molecule has 0 aliphatic heterocycles. The average molecular weight is 417 g/mol. The van der Waals surface area contributed by atoms with E-state index in [0.717, 1.165) is 39.6 Å². The van der Waals surface area contributed by atoms with Crippen LogP contribution >= 0.6 is 0 Å². The van der Waals surface area contributed by atoms with Crippen molar-refractivity contribution in [1.29, 1.82) is 0 Å². The zero-order valence-electron chi connectivity index (χ0n) is 17.3. The largest absolute Gasteiger partial charge is 0.416 e. The number of anilines is 2. The van der Waals surface area contributed by atoms with Crippen LogP contribution in [0.2, 0.25) is 0 Å². The third kappa shape index (κ3) is 4.64. The van der Waals surface area contributed by atoms with Gasteiger partial charge >= 0.3 is 6.18 Å². The van der Waals surface area contributed by atoms with E-state index in [2.05, 4.69) is 5.32 Å². The molecule has 1 N–H and O–H groups in total. The van der Waals surface area contributed by atoms with Gasteiger partial charge in [0.05, 0.1) is 5.56 Å². The van der Waals surface area contributed by atoms with Gasteiger partial charge in [-0.25, -0.2) is 0 Å². The molecule has 4 heteroatoms. The van der Waals surface area contributed by atoms with Gasteiger partial charge in [0, 0.05) is 11.4 Å². The van der Waals surface area contributed by atoms with Crippen LogP contribution in [0.25, 0.3) is 22.3 Å². The summed E-state index contributed by atoms with van der Waals surface area (Å²) in [5.41, 5.74) is 5.85. The van der Waals surface area contributed by atoms with Crippen molar-refractivity contribution in [1.82, 2.24) is 0 Å². The third-order valence-corrected chi connectivity index (χ3v) is 5.34. The molecular formula is C27H22F3N. The first-order chi connectivity index (χ1) is 14.8. The van der Waals surface area contributed by atoms with E-state index < -0.39 is 11.7 Å². The van der Waals surface area contributed by atoms with Gasteiger partial charge in [-0.05, 0) is 65.4 Å². The lowest BCUT2D eigenvalue weighted by molar-refractivity contribution is -0.137. The second-order valence-corrected chi connectivity index (χ2v) is 7.63. The lowest BCUT2D eigenvalue weighted by atomic mass is 9.98. The Morgan fingerprint density at radius 3 is 1.71 bits per heavy atom. The number of hydrogen-bond donors (Lipinski definition) is 1. The number of nitrogens with one attached hydrogen (secondary N) is 1. The zero-order valence-corrected chi connectivity index (χ0v) is 17.3. The molecule has 4 aromatic rings. The summed E-state index contributed by atoms with van der Waals surface area (Å²) in [6, 6.07) is 27.4. The topological polar surface area (TPSA) is 12.0 Å². The van der Waals surface area contributed by atoms with E-state index in [0.29, 0.717) is 11.3 Å². The van der Waals surface area contributed by atoms with E-state index in [1.165, 1.54) is 6.07 Å². The Balaban J connectivity index is 1.74. The van der Waals surface area contributed by atoms with Crippen LogP contribution in [0, 0.1) is 13.8 Å². The molecule has 0 saturated carbocycles. The molecule has 0 spiro atoms. The van der Waals surface area contributed by atoms with Crippen molar-refractivity contribution >= 4 is 11.4 Å². The van der Waals surface area contributed by atoms with E-state index in [1.54, 1.807) is 6.07 Å². The normalized spacial score (nSPS) is 11.4. The fraction of sp³-hybridized carbons (Fsp3) is 0.111. The van der Waals surface area contributed by atoms with Crippen molar-refractivity contribution in [2.24, 2.45) is 0 Å². The molecule has 0 bridgehead atoms. The highest BCUT2D eigenvalue weighted by molar-refractivity contribution is 5.76. The minimum absolute atomic E-state index is 0.411. The summed E-state index contributed by atoms with van der Waals surface area (Å²) in [6.07, 6.45) is -4.43. The van der Waals surface area contributed by atoms with Crippen LogP contribution < -0.4 is 5.32 Å². The number of benzene rings is 4. The van der Waals surface area contributed by atoms with Crippen molar-refractivity contribution in [3.05, 3.63) is 108 Å². The predicted octanol–water partition coefficient (Wildman–Crippen LogP) is 8.40. The van der Waals surface area contributed by atoms with Gasteiger partial charge in [-0.15, -0.1) is 0 Å². The van der Waals surface area contributed by atoms with Crippen LogP contribution in [0.1, 0.15) is 16.7 Å². The molecule has 0 saturated heterocycles. The van der Waals surface area contributed by atoms with Gasteiger partial charge in [-0.3, -0.25) is 0 Å². The van der Waals surface area contributed by atoms with Gasteiger partial charge in [0.15, 0.2) is 0 Å². The lowest BCUT2D eigenvalue weighted by Crippen LogP contribution is -2.06. The average Bonchev–Trinajstić information content (AvgIpc) is 2.76. The van der Waals surface area contributed by atoms with E-state index in [1.807, 2.05) is 86.6 Å². The second kappa shape index (κ2) is 8.31. The first-order valence-corrected chi connectivity index (χ1v) is 10.0. The summed E-state index contributed by atoms with van der Waals surface area (Å²) in [5, 5.41) is 3.20. The Bertz CT molecular complexity index is 1170. The summed E-state index contributed by atoms with van der Waals surface area (Å²) >= 11 is 0. The number of hydrogen-bond acceptors (Lipinski definition) is 1. The number of rotatable bonds is 4. The molecule has 0 unspecified atom stereocenters. The maximum atomic E-state index is 13.6. The lowest BCUT2D eigenvalue weighted by Gasteiger charge is -2.17. The van der Waals surface area contributed by atoms with Crippen LogP contribution in [0.15, 0.2) is 91.0 Å². The Labute approximate surface area is 180 Å². The third-order valence-electron chi connectivity index (χ3n) is 5.34. The maximum Gasteiger partial charge on any atom is 0.416 e. The molecule has 4 rings (SSSR count). The molecule has 1 nitrogen and oxygen atoms in total. The Kier molecular flexibility index (Phi) is 5.55. The van der Waals surface area contributed by atoms with Crippen LogP contribution in [-0.2, 0) is 6.18 Å². The summed E-state index contributed by atoms with van der Waals surface area (Å²) in [5.74, 6) is 0. The first kappa shape index (κ1) is 20.7. The van der Waals surface area contributed by atoms with Crippen LogP contribution in [0.4, 0.5) is 24.5 Å². The van der Waals surface area contributed by atoms with E-state index in [9.17, 15) is 13.2 Å². The minimum atomic E-state index is -4.43. The van der Waals surface area contributed by atoms with Gasteiger partial charge in [0.25, 0.3) is 0 Å². The van der Waals surface area contributed by atoms with Crippen molar-refractivity contribution in [2.45, 2.75) is 20.0 Å². The Hall–Kier alpha value is -3.53. The van der Waals surface area contributed by atoms with Crippen molar-refractivity contribution in [3.8, 4) is 22.3 Å². The molecule has 0 aromatic heterocycles. The number of aryl methyl sites for hydroxylation is 2. The quantitative estimate of drug-likeness (QED) is 0.351. The number of para-hydroxylation sites is 1. The highest BCUT2D eigenvalue weighted by Gasteiger charge is 2.31. The molecule has 0 amide bonds. The monoisotopic (exact) mass is 417 g/mol. The molecule has 0 aliphatic rings. The zero-order chi connectivity index (χ0) is 22.0. The van der Waals surface area contributed by atoms with Crippen LogP contribution in [-0.4, -0.2) is 0 Å². The van der Waals surface area contributed by atoms with Gasteiger partial charge in [0.1, 0.15) is 0 Å². The SMILES string of the molecule is Cc1cccc(C)c1Nc1cc(-c2ccc(-c3ccccc3)cc2)cc(C(F)(F)F)c1. The molecule has 4 aromatic carbocycles. The van der Waals surface area contributed by atoms with Gasteiger partial charge in [-0.2, -0.15) is 13.2 Å². The summed E-state index contributed by atoms with van der Waals surface area (Å²) < 4.78 is 40.9. The highest BCUT2D eigenvalue weighted by atomic mass is 19.4. The minimum Gasteiger partial charge on any atom is -0.355 e. The van der Waals surface area contributed by atoms with E-state index in [-0.39, 0.29) is 0 Å². The fourth-order valence-corrected chi connectivity index (χ4v) is 3.67. The summed E-state index contributed by atoms with van der Waals surface area (Å²) in [4.78, 5) is 0. The smallest absolute Gasteiger partial charge is 0.355 e. The Morgan fingerprint density at radius 2 is 1.13 bits per heavy atom. The number of halogens is 3. The summed E-state index contributed by atoms with van der Waals surface area (Å²) in [6.45, 7) is 3.87. The molecule has 31 heavy (non-hydrogen) atoms. The molecule has 0 radical (unpaired) electrons. The van der Waals surface area contributed by atoms with Crippen molar-refractivity contribution in [2.75, 3.05) is 5.32 Å². The molecule has 0 heterocycles. The van der Waals surface area contributed by atoms with Crippen molar-refractivity contribution in [3.63, 3.8) is 0 Å². The molecule has 156 valence electrons. The van der Waals surface area contributed by atoms with Gasteiger partial charge in [0.2, 0.25) is 0 Å². The van der Waals surface area contributed by atoms with Gasteiger partial charge < -0.3 is 5.32 Å². The van der Waals surface area contributed by atoms with Gasteiger partial charge in [-0.1, -0.05) is 72.8 Å². The molecule has 0 atom stereocenters. The van der Waals surface area contributed by atoms with Crippen molar-refractivity contribution < 1.29 is 13.2 Å².